The largest absolute Gasteiger partial charge is 0.315 e. The molecule has 2 unspecified atom stereocenters. The molecule has 0 aromatic heterocycles. The van der Waals surface area contributed by atoms with Crippen LogP contribution in [0, 0.1) is 19.8 Å². The molecule has 0 aliphatic carbocycles. The number of halogens is 1. The molecule has 1 aliphatic rings. The Bertz CT molecular complexity index is 560. The average Bonchev–Trinajstić information content (AvgIpc) is 2.35. The lowest BCUT2D eigenvalue weighted by Crippen LogP contribution is -2.50. The van der Waals surface area contributed by atoms with Crippen molar-refractivity contribution in [1.29, 1.82) is 0 Å². The van der Waals surface area contributed by atoms with Crippen molar-refractivity contribution in [3.8, 4) is 0 Å². The molecule has 2 N–H and O–H groups in total. The van der Waals surface area contributed by atoms with E-state index in [-0.39, 0.29) is 18.4 Å². The Labute approximate surface area is 127 Å². The predicted molar refractivity (Wildman–Crippen MR) is 83.9 cm³/mol. The second-order valence-electron chi connectivity index (χ2n) is 5.47. The zero-order chi connectivity index (χ0) is 14.0. The summed E-state index contributed by atoms with van der Waals surface area (Å²) >= 11 is 0. The van der Waals surface area contributed by atoms with Gasteiger partial charge in [0.15, 0.2) is 0 Å². The molecule has 1 saturated heterocycles. The SMILES string of the molecule is Cc1ccc(C)c(S(=O)(=O)NC2CNCCC2C)c1.Cl. The van der Waals surface area contributed by atoms with Gasteiger partial charge in [0, 0.05) is 12.6 Å². The summed E-state index contributed by atoms with van der Waals surface area (Å²) in [5.74, 6) is 0.362. The van der Waals surface area contributed by atoms with Crippen molar-refractivity contribution in [3.05, 3.63) is 29.3 Å². The maximum Gasteiger partial charge on any atom is 0.241 e. The summed E-state index contributed by atoms with van der Waals surface area (Å²) < 4.78 is 27.8. The highest BCUT2D eigenvalue weighted by Crippen LogP contribution is 2.19. The Kier molecular flexibility index (Phi) is 6.01. The van der Waals surface area contributed by atoms with Gasteiger partial charge < -0.3 is 5.32 Å². The van der Waals surface area contributed by atoms with Gasteiger partial charge in [0.2, 0.25) is 10.0 Å². The number of hydrogen-bond donors (Lipinski definition) is 2. The molecule has 2 rings (SSSR count). The first-order valence-corrected chi connectivity index (χ1v) is 8.19. The smallest absolute Gasteiger partial charge is 0.241 e. The molecule has 1 heterocycles. The van der Waals surface area contributed by atoms with E-state index in [0.717, 1.165) is 24.1 Å². The molecule has 0 saturated carbocycles. The van der Waals surface area contributed by atoms with Crippen LogP contribution in [-0.2, 0) is 10.0 Å². The standard InChI is InChI=1S/C14H22N2O2S.ClH/c1-10-4-5-12(3)14(8-10)19(17,18)16-13-9-15-7-6-11(13)2;/h4-5,8,11,13,15-16H,6-7,9H2,1-3H3;1H. The van der Waals surface area contributed by atoms with Crippen molar-refractivity contribution in [3.63, 3.8) is 0 Å². The van der Waals surface area contributed by atoms with Crippen LogP contribution >= 0.6 is 12.4 Å². The normalized spacial score (nSPS) is 23.1. The zero-order valence-corrected chi connectivity index (χ0v) is 13.8. The molecule has 20 heavy (non-hydrogen) atoms. The number of hydrogen-bond acceptors (Lipinski definition) is 3. The summed E-state index contributed by atoms with van der Waals surface area (Å²) in [6.07, 6.45) is 1.000. The molecule has 1 aromatic carbocycles. The quantitative estimate of drug-likeness (QED) is 0.896. The molecule has 1 aromatic rings. The lowest BCUT2D eigenvalue weighted by Gasteiger charge is -2.30. The fourth-order valence-electron chi connectivity index (χ4n) is 2.41. The molecular formula is C14H23ClN2O2S. The van der Waals surface area contributed by atoms with Crippen LogP contribution in [0.4, 0.5) is 0 Å². The van der Waals surface area contributed by atoms with Gasteiger partial charge >= 0.3 is 0 Å². The first kappa shape index (κ1) is 17.4. The summed E-state index contributed by atoms with van der Waals surface area (Å²) in [7, 11) is -3.44. The van der Waals surface area contributed by atoms with E-state index in [9.17, 15) is 8.42 Å². The Hall–Kier alpha value is -0.620. The van der Waals surface area contributed by atoms with Gasteiger partial charge in [0.05, 0.1) is 4.90 Å². The number of piperidine rings is 1. The van der Waals surface area contributed by atoms with Crippen LogP contribution in [-0.4, -0.2) is 27.5 Å². The zero-order valence-electron chi connectivity index (χ0n) is 12.1. The summed E-state index contributed by atoms with van der Waals surface area (Å²) in [6.45, 7) is 7.49. The molecule has 4 nitrogen and oxygen atoms in total. The first-order chi connectivity index (χ1) is 8.90. The first-order valence-electron chi connectivity index (χ1n) is 6.70. The van der Waals surface area contributed by atoms with Gasteiger partial charge in [-0.1, -0.05) is 19.1 Å². The number of sulfonamides is 1. The highest BCUT2D eigenvalue weighted by atomic mass is 35.5. The van der Waals surface area contributed by atoms with Crippen molar-refractivity contribution < 1.29 is 8.42 Å². The van der Waals surface area contributed by atoms with Crippen LogP contribution in [0.1, 0.15) is 24.5 Å². The molecule has 1 fully saturated rings. The number of nitrogens with one attached hydrogen (secondary N) is 2. The topological polar surface area (TPSA) is 58.2 Å². The third-order valence-corrected chi connectivity index (χ3v) is 5.40. The van der Waals surface area contributed by atoms with Crippen LogP contribution in [0.2, 0.25) is 0 Å². The lowest BCUT2D eigenvalue weighted by atomic mass is 9.96. The molecule has 2 atom stereocenters. The van der Waals surface area contributed by atoms with Crippen molar-refractivity contribution in [2.24, 2.45) is 5.92 Å². The van der Waals surface area contributed by atoms with E-state index in [0.29, 0.717) is 17.4 Å². The Morgan fingerprint density at radius 1 is 1.30 bits per heavy atom. The summed E-state index contributed by atoms with van der Waals surface area (Å²) in [4.78, 5) is 0.394. The predicted octanol–water partition coefficient (Wildman–Crippen LogP) is 2.00. The molecule has 1 aliphatic heterocycles. The second-order valence-corrected chi connectivity index (χ2v) is 7.15. The van der Waals surface area contributed by atoms with Crippen molar-refractivity contribution in [1.82, 2.24) is 10.0 Å². The number of aryl methyl sites for hydroxylation is 2. The van der Waals surface area contributed by atoms with E-state index in [2.05, 4.69) is 17.0 Å². The minimum absolute atomic E-state index is 0. The summed E-state index contributed by atoms with van der Waals surface area (Å²) in [6, 6.07) is 5.49. The van der Waals surface area contributed by atoms with Gasteiger partial charge in [-0.05, 0) is 49.9 Å². The van der Waals surface area contributed by atoms with Crippen LogP contribution in [0.25, 0.3) is 0 Å². The van der Waals surface area contributed by atoms with Gasteiger partial charge in [-0.25, -0.2) is 13.1 Å². The van der Waals surface area contributed by atoms with Crippen LogP contribution in [0.5, 0.6) is 0 Å². The van der Waals surface area contributed by atoms with Gasteiger partial charge in [0.1, 0.15) is 0 Å². The van der Waals surface area contributed by atoms with Crippen molar-refractivity contribution in [2.45, 2.75) is 38.1 Å². The fourth-order valence-corrected chi connectivity index (χ4v) is 4.08. The van der Waals surface area contributed by atoms with E-state index >= 15 is 0 Å². The van der Waals surface area contributed by atoms with Crippen LogP contribution < -0.4 is 10.0 Å². The Morgan fingerprint density at radius 2 is 2.00 bits per heavy atom. The molecule has 0 spiro atoms. The minimum Gasteiger partial charge on any atom is -0.315 e. The fraction of sp³-hybridized carbons (Fsp3) is 0.571. The highest BCUT2D eigenvalue weighted by molar-refractivity contribution is 7.89. The van der Waals surface area contributed by atoms with E-state index < -0.39 is 10.0 Å². The maximum absolute atomic E-state index is 12.5. The average molecular weight is 319 g/mol. The maximum atomic E-state index is 12.5. The van der Waals surface area contributed by atoms with E-state index in [1.807, 2.05) is 26.0 Å². The monoisotopic (exact) mass is 318 g/mol. The van der Waals surface area contributed by atoms with Gasteiger partial charge in [-0.15, -0.1) is 12.4 Å². The summed E-state index contributed by atoms with van der Waals surface area (Å²) in [5, 5.41) is 3.24. The highest BCUT2D eigenvalue weighted by Gasteiger charge is 2.27. The van der Waals surface area contributed by atoms with Gasteiger partial charge in [0.25, 0.3) is 0 Å². The van der Waals surface area contributed by atoms with Crippen LogP contribution in [0.3, 0.4) is 0 Å². The minimum atomic E-state index is -3.44. The second kappa shape index (κ2) is 6.89. The van der Waals surface area contributed by atoms with Gasteiger partial charge in [-0.3, -0.25) is 0 Å². The molecule has 0 bridgehead atoms. The number of benzene rings is 1. The molecular weight excluding hydrogens is 296 g/mol. The Balaban J connectivity index is 0.00000200. The molecule has 6 heteroatoms. The molecule has 0 amide bonds. The van der Waals surface area contributed by atoms with E-state index in [1.54, 1.807) is 6.07 Å². The van der Waals surface area contributed by atoms with E-state index in [4.69, 9.17) is 0 Å². The summed E-state index contributed by atoms with van der Waals surface area (Å²) in [5.41, 5.74) is 1.75. The van der Waals surface area contributed by atoms with Crippen molar-refractivity contribution >= 4 is 22.4 Å². The third kappa shape index (κ3) is 3.95. The molecule has 114 valence electrons. The third-order valence-electron chi connectivity index (χ3n) is 3.77. The molecule has 0 radical (unpaired) electrons. The van der Waals surface area contributed by atoms with Crippen molar-refractivity contribution in [2.75, 3.05) is 13.1 Å². The van der Waals surface area contributed by atoms with Crippen LogP contribution in [0.15, 0.2) is 23.1 Å². The Morgan fingerprint density at radius 3 is 2.65 bits per heavy atom. The van der Waals surface area contributed by atoms with Gasteiger partial charge in [-0.2, -0.15) is 0 Å². The van der Waals surface area contributed by atoms with E-state index in [1.165, 1.54) is 0 Å². The number of rotatable bonds is 3. The lowest BCUT2D eigenvalue weighted by molar-refractivity contribution is 0.327.